The molecule has 2 rings (SSSR count). The number of nitrogens with zero attached hydrogens (tertiary/aromatic N) is 2. The third-order valence-electron chi connectivity index (χ3n) is 2.69. The Morgan fingerprint density at radius 1 is 1.20 bits per heavy atom. The number of alkyl halides is 3. The number of aryl methyl sites for hydroxylation is 1. The summed E-state index contributed by atoms with van der Waals surface area (Å²) in [6, 6.07) is 5.77. The molecule has 1 aromatic carbocycles. The van der Waals surface area contributed by atoms with E-state index in [2.05, 4.69) is 15.0 Å². The third kappa shape index (κ3) is 4.27. The van der Waals surface area contributed by atoms with Gasteiger partial charge in [-0.3, -0.25) is 0 Å². The number of aromatic nitrogens is 2. The van der Waals surface area contributed by atoms with Crippen LogP contribution in [0.5, 0.6) is 5.75 Å². The largest absolute Gasteiger partial charge is 0.573 e. The van der Waals surface area contributed by atoms with Crippen molar-refractivity contribution < 1.29 is 17.9 Å². The lowest BCUT2D eigenvalue weighted by atomic mass is 10.2. The summed E-state index contributed by atoms with van der Waals surface area (Å²) in [6.07, 6.45) is -1.10. The van der Waals surface area contributed by atoms with Crippen molar-refractivity contribution in [2.45, 2.75) is 19.5 Å². The number of nitrogens with one attached hydrogen (secondary N) is 1. The Hall–Kier alpha value is -2.02. The molecular weight excluding hydrogens is 271 g/mol. The van der Waals surface area contributed by atoms with Gasteiger partial charge in [-0.2, -0.15) is 0 Å². The van der Waals surface area contributed by atoms with Crippen LogP contribution in [0.4, 0.5) is 13.2 Å². The molecule has 0 aliphatic carbocycles. The van der Waals surface area contributed by atoms with E-state index in [4.69, 9.17) is 0 Å². The minimum atomic E-state index is -4.65. The maximum absolute atomic E-state index is 12.0. The highest BCUT2D eigenvalue weighted by molar-refractivity contribution is 5.27. The van der Waals surface area contributed by atoms with E-state index in [0.717, 1.165) is 11.4 Å². The van der Waals surface area contributed by atoms with Gasteiger partial charge in [0.1, 0.15) is 11.6 Å². The van der Waals surface area contributed by atoms with Crippen LogP contribution in [0.3, 0.4) is 0 Å². The fraction of sp³-hybridized carbons (Fsp3) is 0.308. The summed E-state index contributed by atoms with van der Waals surface area (Å²) in [7, 11) is 1.90. The van der Waals surface area contributed by atoms with Crippen LogP contribution < -0.4 is 10.1 Å². The van der Waals surface area contributed by atoms with E-state index < -0.39 is 6.36 Å². The van der Waals surface area contributed by atoms with Gasteiger partial charge in [0.15, 0.2) is 0 Å². The zero-order valence-corrected chi connectivity index (χ0v) is 10.8. The highest BCUT2D eigenvalue weighted by Gasteiger charge is 2.30. The number of ether oxygens (including phenoxy) is 1. The Bertz CT molecular complexity index is 549. The van der Waals surface area contributed by atoms with E-state index in [0.29, 0.717) is 13.1 Å². The van der Waals surface area contributed by atoms with Crippen molar-refractivity contribution in [2.24, 2.45) is 7.05 Å². The average molecular weight is 285 g/mol. The van der Waals surface area contributed by atoms with Gasteiger partial charge in [-0.1, -0.05) is 12.1 Å². The molecule has 0 unspecified atom stereocenters. The molecule has 0 bridgehead atoms. The summed E-state index contributed by atoms with van der Waals surface area (Å²) < 4.78 is 41.7. The van der Waals surface area contributed by atoms with Crippen LogP contribution in [0.25, 0.3) is 0 Å². The zero-order valence-electron chi connectivity index (χ0n) is 10.8. The van der Waals surface area contributed by atoms with Gasteiger partial charge < -0.3 is 14.6 Å². The fourth-order valence-corrected chi connectivity index (χ4v) is 1.69. The van der Waals surface area contributed by atoms with E-state index in [1.54, 1.807) is 18.3 Å². The first-order chi connectivity index (χ1) is 9.44. The van der Waals surface area contributed by atoms with E-state index in [9.17, 15) is 13.2 Å². The summed E-state index contributed by atoms with van der Waals surface area (Å²) in [6.45, 7) is 1.13. The van der Waals surface area contributed by atoms with Crippen LogP contribution in [0.1, 0.15) is 11.4 Å². The molecule has 20 heavy (non-hydrogen) atoms. The van der Waals surface area contributed by atoms with Crippen molar-refractivity contribution >= 4 is 0 Å². The van der Waals surface area contributed by atoms with E-state index in [1.165, 1.54) is 12.1 Å². The Morgan fingerprint density at radius 3 is 2.45 bits per heavy atom. The molecule has 0 amide bonds. The van der Waals surface area contributed by atoms with Gasteiger partial charge in [-0.25, -0.2) is 4.98 Å². The van der Waals surface area contributed by atoms with Gasteiger partial charge in [0.05, 0.1) is 6.54 Å². The smallest absolute Gasteiger partial charge is 0.406 e. The van der Waals surface area contributed by atoms with E-state index in [-0.39, 0.29) is 5.75 Å². The normalized spacial score (nSPS) is 11.6. The van der Waals surface area contributed by atoms with Crippen molar-refractivity contribution in [3.63, 3.8) is 0 Å². The molecule has 0 aliphatic rings. The van der Waals surface area contributed by atoms with Gasteiger partial charge in [-0.05, 0) is 17.7 Å². The molecule has 0 radical (unpaired) electrons. The van der Waals surface area contributed by atoms with Gasteiger partial charge in [0.25, 0.3) is 0 Å². The molecular formula is C13H14F3N3O. The highest BCUT2D eigenvalue weighted by Crippen LogP contribution is 2.22. The van der Waals surface area contributed by atoms with Gasteiger partial charge in [0, 0.05) is 26.0 Å². The third-order valence-corrected chi connectivity index (χ3v) is 2.69. The van der Waals surface area contributed by atoms with Crippen LogP contribution in [-0.2, 0) is 20.1 Å². The minimum Gasteiger partial charge on any atom is -0.406 e. The van der Waals surface area contributed by atoms with Crippen LogP contribution >= 0.6 is 0 Å². The van der Waals surface area contributed by atoms with E-state index >= 15 is 0 Å². The summed E-state index contributed by atoms with van der Waals surface area (Å²) in [5.41, 5.74) is 0.869. The molecule has 7 heteroatoms. The Kier molecular flexibility index (Phi) is 4.29. The molecule has 0 fully saturated rings. The Balaban J connectivity index is 1.83. The van der Waals surface area contributed by atoms with Crippen molar-refractivity contribution in [1.82, 2.24) is 14.9 Å². The molecule has 0 saturated heterocycles. The molecule has 4 nitrogen and oxygen atoms in total. The van der Waals surface area contributed by atoms with Crippen molar-refractivity contribution in [3.8, 4) is 5.75 Å². The number of rotatable bonds is 5. The average Bonchev–Trinajstić information content (AvgIpc) is 2.76. The van der Waals surface area contributed by atoms with Crippen LogP contribution in [0.15, 0.2) is 36.7 Å². The SMILES string of the molecule is Cn1ccnc1CNCc1ccc(OC(F)(F)F)cc1. The van der Waals surface area contributed by atoms with Crippen LogP contribution in [0.2, 0.25) is 0 Å². The molecule has 1 heterocycles. The first kappa shape index (κ1) is 14.4. The molecule has 1 aromatic heterocycles. The number of benzene rings is 1. The standard InChI is InChI=1S/C13H14F3N3O/c1-19-7-6-18-12(19)9-17-8-10-2-4-11(5-3-10)20-13(14,15)16/h2-7,17H,8-9H2,1H3. The summed E-state index contributed by atoms with van der Waals surface area (Å²) in [5, 5.41) is 3.17. The highest BCUT2D eigenvalue weighted by atomic mass is 19.4. The maximum atomic E-state index is 12.0. The molecule has 108 valence electrons. The topological polar surface area (TPSA) is 39.1 Å². The fourth-order valence-electron chi connectivity index (χ4n) is 1.69. The van der Waals surface area contributed by atoms with Crippen molar-refractivity contribution in [2.75, 3.05) is 0 Å². The molecule has 0 atom stereocenters. The summed E-state index contributed by atoms with van der Waals surface area (Å²) in [5.74, 6) is 0.673. The van der Waals surface area contributed by atoms with Crippen molar-refractivity contribution in [1.29, 1.82) is 0 Å². The van der Waals surface area contributed by atoms with Crippen molar-refractivity contribution in [3.05, 3.63) is 48.0 Å². The Morgan fingerprint density at radius 2 is 1.90 bits per heavy atom. The first-order valence-corrected chi connectivity index (χ1v) is 5.95. The van der Waals surface area contributed by atoms with Gasteiger partial charge in [-0.15, -0.1) is 13.2 Å². The molecule has 0 aliphatic heterocycles. The Labute approximate surface area is 114 Å². The second kappa shape index (κ2) is 5.96. The second-order valence-corrected chi connectivity index (χ2v) is 4.25. The first-order valence-electron chi connectivity index (χ1n) is 5.95. The van der Waals surface area contributed by atoms with Gasteiger partial charge >= 0.3 is 6.36 Å². The monoisotopic (exact) mass is 285 g/mol. The number of halogens is 3. The number of hydrogen-bond acceptors (Lipinski definition) is 3. The minimum absolute atomic E-state index is 0.217. The second-order valence-electron chi connectivity index (χ2n) is 4.25. The molecule has 0 saturated carbocycles. The predicted molar refractivity (Wildman–Crippen MR) is 66.9 cm³/mol. The number of hydrogen-bond donors (Lipinski definition) is 1. The van der Waals surface area contributed by atoms with Crippen LogP contribution in [0, 0.1) is 0 Å². The van der Waals surface area contributed by atoms with E-state index in [1.807, 2.05) is 17.8 Å². The lowest BCUT2D eigenvalue weighted by molar-refractivity contribution is -0.274. The lowest BCUT2D eigenvalue weighted by Crippen LogP contribution is -2.17. The molecule has 0 spiro atoms. The maximum Gasteiger partial charge on any atom is 0.573 e. The molecule has 2 aromatic rings. The molecule has 1 N–H and O–H groups in total. The summed E-state index contributed by atoms with van der Waals surface area (Å²) in [4.78, 5) is 4.16. The number of imidazole rings is 1. The predicted octanol–water partition coefficient (Wildman–Crippen LogP) is 2.61. The summed E-state index contributed by atoms with van der Waals surface area (Å²) >= 11 is 0. The van der Waals surface area contributed by atoms with Gasteiger partial charge in [0.2, 0.25) is 0 Å². The quantitative estimate of drug-likeness (QED) is 0.918. The van der Waals surface area contributed by atoms with Crippen LogP contribution in [-0.4, -0.2) is 15.9 Å². The lowest BCUT2D eigenvalue weighted by Gasteiger charge is -2.09. The zero-order chi connectivity index (χ0) is 14.6.